The van der Waals surface area contributed by atoms with E-state index >= 15 is 0 Å². The van der Waals surface area contributed by atoms with Crippen LogP contribution in [-0.2, 0) is 26.9 Å². The highest BCUT2D eigenvalue weighted by Crippen LogP contribution is 2.48. The molecule has 8 heteroatoms. The molecular formula is C21H36IN3O3S. The van der Waals surface area contributed by atoms with Gasteiger partial charge in [0.05, 0.1) is 11.9 Å². The molecule has 0 aromatic heterocycles. The van der Waals surface area contributed by atoms with Gasteiger partial charge in [0.1, 0.15) is 0 Å². The van der Waals surface area contributed by atoms with Gasteiger partial charge in [0.2, 0.25) is 0 Å². The van der Waals surface area contributed by atoms with E-state index in [9.17, 15) is 8.42 Å². The van der Waals surface area contributed by atoms with Gasteiger partial charge >= 0.3 is 0 Å². The summed E-state index contributed by atoms with van der Waals surface area (Å²) in [6, 6.07) is 8.00. The maximum absolute atomic E-state index is 11.4. The van der Waals surface area contributed by atoms with E-state index in [1.807, 2.05) is 24.3 Å². The van der Waals surface area contributed by atoms with Crippen molar-refractivity contribution in [2.75, 3.05) is 19.9 Å². The summed E-state index contributed by atoms with van der Waals surface area (Å²) >= 11 is 0. The Hall–Kier alpha value is -0.870. The first-order valence-corrected chi connectivity index (χ1v) is 12.2. The number of sulfone groups is 1. The molecule has 0 radical (unpaired) electrons. The molecule has 0 amide bonds. The lowest BCUT2D eigenvalue weighted by molar-refractivity contribution is -0.133. The smallest absolute Gasteiger partial charge is 0.191 e. The first kappa shape index (κ1) is 26.2. The lowest BCUT2D eigenvalue weighted by atomic mass is 9.58. The molecule has 0 heterocycles. The molecule has 2 N–H and O–H groups in total. The number of nitrogens with one attached hydrogen (secondary N) is 2. The Morgan fingerprint density at radius 3 is 2.24 bits per heavy atom. The maximum atomic E-state index is 11.4. The summed E-state index contributed by atoms with van der Waals surface area (Å²) in [5, 5.41) is 6.94. The van der Waals surface area contributed by atoms with E-state index in [-0.39, 0.29) is 35.1 Å². The van der Waals surface area contributed by atoms with Gasteiger partial charge in [-0.25, -0.2) is 8.42 Å². The van der Waals surface area contributed by atoms with Crippen LogP contribution in [0.5, 0.6) is 0 Å². The normalized spacial score (nSPS) is 21.1. The predicted molar refractivity (Wildman–Crippen MR) is 131 cm³/mol. The van der Waals surface area contributed by atoms with E-state index in [0.29, 0.717) is 18.7 Å². The van der Waals surface area contributed by atoms with Crippen molar-refractivity contribution in [3.8, 4) is 0 Å². The summed E-state index contributed by atoms with van der Waals surface area (Å²) in [6.07, 6.45) is 4.71. The van der Waals surface area contributed by atoms with Crippen LogP contribution < -0.4 is 10.6 Å². The van der Waals surface area contributed by atoms with Crippen LogP contribution in [0.1, 0.15) is 51.2 Å². The third-order valence-electron chi connectivity index (χ3n) is 5.92. The fraction of sp³-hybridized carbons (Fsp3) is 0.667. The van der Waals surface area contributed by atoms with E-state index in [1.54, 1.807) is 7.05 Å². The number of guanidine groups is 1. The van der Waals surface area contributed by atoms with E-state index in [0.717, 1.165) is 43.0 Å². The van der Waals surface area contributed by atoms with Crippen LogP contribution in [0, 0.1) is 5.41 Å². The van der Waals surface area contributed by atoms with E-state index in [4.69, 9.17) is 4.74 Å². The van der Waals surface area contributed by atoms with Crippen molar-refractivity contribution < 1.29 is 13.2 Å². The second kappa shape index (κ2) is 11.5. The van der Waals surface area contributed by atoms with Gasteiger partial charge in [-0.15, -0.1) is 24.0 Å². The minimum Gasteiger partial charge on any atom is -0.378 e. The van der Waals surface area contributed by atoms with Gasteiger partial charge in [0.25, 0.3) is 0 Å². The van der Waals surface area contributed by atoms with Gasteiger partial charge < -0.3 is 15.4 Å². The number of aliphatic imine (C=N–C) groups is 1. The van der Waals surface area contributed by atoms with E-state index < -0.39 is 9.84 Å². The Bertz CT molecular complexity index is 762. The zero-order valence-electron chi connectivity index (χ0n) is 18.2. The van der Waals surface area contributed by atoms with Gasteiger partial charge in [-0.05, 0) is 37.3 Å². The van der Waals surface area contributed by atoms with Crippen molar-refractivity contribution in [1.82, 2.24) is 10.6 Å². The summed E-state index contributed by atoms with van der Waals surface area (Å²) < 4.78 is 28.7. The topological polar surface area (TPSA) is 79.8 Å². The van der Waals surface area contributed by atoms with Crippen molar-refractivity contribution in [2.24, 2.45) is 10.4 Å². The molecule has 0 bridgehead atoms. The molecule has 0 aliphatic heterocycles. The van der Waals surface area contributed by atoms with Crippen LogP contribution >= 0.6 is 24.0 Å². The van der Waals surface area contributed by atoms with E-state index in [1.165, 1.54) is 6.26 Å². The molecule has 166 valence electrons. The first-order chi connectivity index (χ1) is 13.3. The molecule has 1 aromatic rings. The third kappa shape index (κ3) is 6.82. The monoisotopic (exact) mass is 537 g/mol. The summed E-state index contributed by atoms with van der Waals surface area (Å²) in [5.41, 5.74) is 2.04. The molecular weight excluding hydrogens is 501 g/mol. The predicted octanol–water partition coefficient (Wildman–Crippen LogP) is 3.50. The molecule has 29 heavy (non-hydrogen) atoms. The first-order valence-electron chi connectivity index (χ1n) is 10.1. The number of hydrogen-bond acceptors (Lipinski definition) is 4. The highest BCUT2D eigenvalue weighted by atomic mass is 127. The molecule has 1 aliphatic carbocycles. The number of rotatable bonds is 9. The Morgan fingerprint density at radius 2 is 1.76 bits per heavy atom. The number of halogens is 1. The number of ether oxygens (including phenoxy) is 1. The van der Waals surface area contributed by atoms with Crippen LogP contribution in [0.4, 0.5) is 0 Å². The summed E-state index contributed by atoms with van der Waals surface area (Å²) in [6.45, 7) is 7.90. The minimum absolute atomic E-state index is 0. The van der Waals surface area contributed by atoms with Crippen LogP contribution in [0.15, 0.2) is 29.3 Å². The van der Waals surface area contributed by atoms with Crippen molar-refractivity contribution in [2.45, 2.75) is 64.5 Å². The van der Waals surface area contributed by atoms with Crippen LogP contribution in [0.25, 0.3) is 0 Å². The molecule has 0 saturated heterocycles. The Kier molecular flexibility index (Phi) is 10.4. The molecule has 1 aromatic carbocycles. The summed E-state index contributed by atoms with van der Waals surface area (Å²) in [5.74, 6) is 0.856. The molecule has 6 nitrogen and oxygen atoms in total. The molecule has 2 unspecified atom stereocenters. The molecule has 2 atom stereocenters. The fourth-order valence-electron chi connectivity index (χ4n) is 4.18. The second-order valence-electron chi connectivity index (χ2n) is 7.63. The molecule has 1 saturated carbocycles. The summed E-state index contributed by atoms with van der Waals surface area (Å²) in [7, 11) is -1.23. The van der Waals surface area contributed by atoms with Gasteiger partial charge in [-0.2, -0.15) is 0 Å². The van der Waals surface area contributed by atoms with Crippen molar-refractivity contribution >= 4 is 39.8 Å². The van der Waals surface area contributed by atoms with Crippen molar-refractivity contribution in [3.05, 3.63) is 35.4 Å². The standard InChI is InChI=1S/C21H35N3O3S.HI/c1-6-21(7-2)18(13-19(21)27-8-3)24-20(22-4)23-14-16-9-11-17(12-10-16)15-28(5,25)26;/h9-12,18-19H,6-8,13-15H2,1-5H3,(H2,22,23,24);1H. The Labute approximate surface area is 193 Å². The molecule has 1 aliphatic rings. The number of hydrogen-bond donors (Lipinski definition) is 2. The van der Waals surface area contributed by atoms with Gasteiger partial charge in [0.15, 0.2) is 15.8 Å². The highest BCUT2D eigenvalue weighted by Gasteiger charge is 2.53. The summed E-state index contributed by atoms with van der Waals surface area (Å²) in [4.78, 5) is 4.37. The van der Waals surface area contributed by atoms with Gasteiger partial charge in [-0.1, -0.05) is 38.1 Å². The van der Waals surface area contributed by atoms with Crippen molar-refractivity contribution in [3.63, 3.8) is 0 Å². The zero-order chi connectivity index (χ0) is 20.8. The number of benzene rings is 1. The number of nitrogens with zero attached hydrogens (tertiary/aromatic N) is 1. The zero-order valence-corrected chi connectivity index (χ0v) is 21.3. The lowest BCUT2D eigenvalue weighted by Crippen LogP contribution is -2.65. The quantitative estimate of drug-likeness (QED) is 0.287. The molecule has 0 spiro atoms. The minimum atomic E-state index is -3.01. The molecule has 2 rings (SSSR count). The molecule has 1 fully saturated rings. The van der Waals surface area contributed by atoms with Crippen molar-refractivity contribution in [1.29, 1.82) is 0 Å². The largest absolute Gasteiger partial charge is 0.378 e. The average molecular weight is 538 g/mol. The third-order valence-corrected chi connectivity index (χ3v) is 6.77. The fourth-order valence-corrected chi connectivity index (χ4v) is 4.98. The van der Waals surface area contributed by atoms with Gasteiger partial charge in [-0.3, -0.25) is 4.99 Å². The van der Waals surface area contributed by atoms with E-state index in [2.05, 4.69) is 36.4 Å². The Balaban J connectivity index is 0.00000420. The maximum Gasteiger partial charge on any atom is 0.191 e. The lowest BCUT2D eigenvalue weighted by Gasteiger charge is -2.55. The van der Waals surface area contributed by atoms with Crippen LogP contribution in [0.3, 0.4) is 0 Å². The van der Waals surface area contributed by atoms with Crippen LogP contribution in [0.2, 0.25) is 0 Å². The SMILES string of the molecule is CCOC1CC(NC(=NC)NCc2ccc(CS(C)(=O)=O)cc2)C1(CC)CC.I. The second-order valence-corrected chi connectivity index (χ2v) is 9.77. The average Bonchev–Trinajstić information content (AvgIpc) is 2.64. The highest BCUT2D eigenvalue weighted by molar-refractivity contribution is 14.0. The Morgan fingerprint density at radius 1 is 1.17 bits per heavy atom. The van der Waals surface area contributed by atoms with Gasteiger partial charge in [0, 0.05) is 37.9 Å². The van der Waals surface area contributed by atoms with Crippen LogP contribution in [-0.4, -0.2) is 46.4 Å².